The quantitative estimate of drug-likeness (QED) is 0.752. The third-order valence-corrected chi connectivity index (χ3v) is 6.14. The minimum absolute atomic E-state index is 0.0307. The van der Waals surface area contributed by atoms with Crippen LogP contribution >= 0.6 is 0 Å². The number of benzene rings is 1. The number of anilines is 1. The summed E-state index contributed by atoms with van der Waals surface area (Å²) in [4.78, 5) is 29.1. The fourth-order valence-corrected chi connectivity index (χ4v) is 4.45. The summed E-state index contributed by atoms with van der Waals surface area (Å²) in [7, 11) is 0. The topological polar surface area (TPSA) is 64.7 Å². The molecule has 6 heteroatoms. The van der Waals surface area contributed by atoms with Gasteiger partial charge in [0.15, 0.2) is 0 Å². The number of hydrogen-bond acceptors (Lipinski definition) is 4. The highest BCUT2D eigenvalue weighted by molar-refractivity contribution is 5.87. The van der Waals surface area contributed by atoms with Crippen molar-refractivity contribution >= 4 is 17.5 Å². The lowest BCUT2D eigenvalue weighted by Gasteiger charge is -2.39. The van der Waals surface area contributed by atoms with Crippen molar-refractivity contribution in [2.45, 2.75) is 51.6 Å². The van der Waals surface area contributed by atoms with Crippen molar-refractivity contribution in [2.24, 2.45) is 5.92 Å². The molecule has 1 saturated heterocycles. The molecule has 0 radical (unpaired) electrons. The molecule has 1 aliphatic carbocycles. The molecule has 1 aliphatic heterocycles. The summed E-state index contributed by atoms with van der Waals surface area (Å²) in [5, 5.41) is 5.97. The van der Waals surface area contributed by atoms with Gasteiger partial charge in [-0.1, -0.05) is 31.0 Å². The smallest absolute Gasteiger partial charge is 0.242 e. The van der Waals surface area contributed by atoms with Crippen molar-refractivity contribution in [2.75, 3.05) is 37.6 Å². The van der Waals surface area contributed by atoms with E-state index in [0.29, 0.717) is 6.54 Å². The Morgan fingerprint density at radius 3 is 2.32 bits per heavy atom. The third-order valence-electron chi connectivity index (χ3n) is 6.14. The molecule has 1 aromatic carbocycles. The molecule has 1 saturated carbocycles. The molecule has 2 aliphatic rings. The predicted molar refractivity (Wildman–Crippen MR) is 112 cm³/mol. The highest BCUT2D eigenvalue weighted by atomic mass is 16.2. The standard InChI is InChI=1S/C22H34N4O2/c1-17(25-12-14-26(15-13-25)20-10-4-3-5-11-20)16-23-22(28)21(24-18(2)27)19-8-6-7-9-19/h3-5,10-11,17,19,21H,6-9,12-16H2,1-2H3,(H,23,28)(H,24,27). The summed E-state index contributed by atoms with van der Waals surface area (Å²) in [6, 6.07) is 10.4. The van der Waals surface area contributed by atoms with Crippen molar-refractivity contribution in [1.82, 2.24) is 15.5 Å². The lowest BCUT2D eigenvalue weighted by molar-refractivity contribution is -0.129. The summed E-state index contributed by atoms with van der Waals surface area (Å²) in [5.74, 6) is 0.114. The normalized spacial score (nSPS) is 20.6. The highest BCUT2D eigenvalue weighted by Gasteiger charge is 2.31. The van der Waals surface area contributed by atoms with Crippen molar-refractivity contribution in [1.29, 1.82) is 0 Å². The van der Waals surface area contributed by atoms with E-state index in [1.807, 2.05) is 6.07 Å². The van der Waals surface area contributed by atoms with Crippen LogP contribution in [0.15, 0.2) is 30.3 Å². The molecule has 2 atom stereocenters. The van der Waals surface area contributed by atoms with Gasteiger partial charge < -0.3 is 15.5 Å². The zero-order valence-electron chi connectivity index (χ0n) is 17.2. The minimum atomic E-state index is -0.387. The SMILES string of the molecule is CC(=O)NC(C(=O)NCC(C)N1CCN(c2ccccc2)CC1)C1CCCC1. The van der Waals surface area contributed by atoms with Gasteiger partial charge in [0.05, 0.1) is 0 Å². The van der Waals surface area contributed by atoms with E-state index in [-0.39, 0.29) is 29.8 Å². The maximum atomic E-state index is 12.7. The van der Waals surface area contributed by atoms with Crippen molar-refractivity contribution < 1.29 is 9.59 Å². The third kappa shape index (κ3) is 5.47. The van der Waals surface area contributed by atoms with Gasteiger partial charge >= 0.3 is 0 Å². The molecule has 1 aromatic rings. The molecule has 1 heterocycles. The molecule has 0 bridgehead atoms. The van der Waals surface area contributed by atoms with Crippen LogP contribution in [0.25, 0.3) is 0 Å². The number of amides is 2. The minimum Gasteiger partial charge on any atom is -0.369 e. The van der Waals surface area contributed by atoms with Gasteiger partial charge in [-0.2, -0.15) is 0 Å². The van der Waals surface area contributed by atoms with E-state index in [4.69, 9.17) is 0 Å². The largest absolute Gasteiger partial charge is 0.369 e. The van der Waals surface area contributed by atoms with Crippen LogP contribution in [0, 0.1) is 5.92 Å². The zero-order chi connectivity index (χ0) is 19.9. The van der Waals surface area contributed by atoms with Crippen LogP contribution in [0.3, 0.4) is 0 Å². The molecule has 2 N–H and O–H groups in total. The number of nitrogens with zero attached hydrogens (tertiary/aromatic N) is 2. The first-order chi connectivity index (χ1) is 13.5. The number of carbonyl (C=O) groups is 2. The molecular weight excluding hydrogens is 352 g/mol. The average Bonchev–Trinajstić information content (AvgIpc) is 3.25. The van der Waals surface area contributed by atoms with E-state index in [2.05, 4.69) is 51.6 Å². The van der Waals surface area contributed by atoms with Crippen LogP contribution in [-0.2, 0) is 9.59 Å². The molecule has 154 valence electrons. The Bertz CT molecular complexity index is 637. The Balaban J connectivity index is 1.46. The van der Waals surface area contributed by atoms with E-state index in [1.54, 1.807) is 0 Å². The van der Waals surface area contributed by atoms with Gasteiger partial charge in [-0.3, -0.25) is 14.5 Å². The predicted octanol–water partition coefficient (Wildman–Crippen LogP) is 2.01. The fraction of sp³-hybridized carbons (Fsp3) is 0.636. The van der Waals surface area contributed by atoms with Crippen LogP contribution in [0.1, 0.15) is 39.5 Å². The number of piperazine rings is 1. The first-order valence-electron chi connectivity index (χ1n) is 10.6. The Kier molecular flexibility index (Phi) is 7.31. The molecular formula is C22H34N4O2. The first kappa shape index (κ1) is 20.6. The molecule has 0 aromatic heterocycles. The monoisotopic (exact) mass is 386 g/mol. The number of carbonyl (C=O) groups excluding carboxylic acids is 2. The fourth-order valence-electron chi connectivity index (χ4n) is 4.45. The van der Waals surface area contributed by atoms with Crippen molar-refractivity contribution in [3.63, 3.8) is 0 Å². The average molecular weight is 387 g/mol. The van der Waals surface area contributed by atoms with E-state index in [0.717, 1.165) is 51.9 Å². The maximum absolute atomic E-state index is 12.7. The van der Waals surface area contributed by atoms with Gasteiger partial charge in [0.1, 0.15) is 6.04 Å². The maximum Gasteiger partial charge on any atom is 0.242 e. The summed E-state index contributed by atoms with van der Waals surface area (Å²) >= 11 is 0. The van der Waals surface area contributed by atoms with Gasteiger partial charge in [-0.15, -0.1) is 0 Å². The zero-order valence-corrected chi connectivity index (χ0v) is 17.2. The number of rotatable bonds is 7. The Hall–Kier alpha value is -2.08. The van der Waals surface area contributed by atoms with Crippen molar-refractivity contribution in [3.05, 3.63) is 30.3 Å². The van der Waals surface area contributed by atoms with Gasteiger partial charge in [-0.25, -0.2) is 0 Å². The first-order valence-corrected chi connectivity index (χ1v) is 10.6. The Labute approximate surface area is 168 Å². The summed E-state index contributed by atoms with van der Waals surface area (Å²) < 4.78 is 0. The second-order valence-corrected chi connectivity index (χ2v) is 8.18. The molecule has 0 spiro atoms. The van der Waals surface area contributed by atoms with Crippen LogP contribution in [0.5, 0.6) is 0 Å². The molecule has 2 amide bonds. The van der Waals surface area contributed by atoms with E-state index < -0.39 is 0 Å². The molecule has 28 heavy (non-hydrogen) atoms. The van der Waals surface area contributed by atoms with Crippen molar-refractivity contribution in [3.8, 4) is 0 Å². The van der Waals surface area contributed by atoms with Gasteiger partial charge in [-0.05, 0) is 37.8 Å². The van der Waals surface area contributed by atoms with Crippen LogP contribution in [0.2, 0.25) is 0 Å². The van der Waals surface area contributed by atoms with Gasteiger partial charge in [0.2, 0.25) is 11.8 Å². The number of hydrogen-bond donors (Lipinski definition) is 2. The molecule has 2 unspecified atom stereocenters. The van der Waals surface area contributed by atoms with E-state index in [1.165, 1.54) is 12.6 Å². The summed E-state index contributed by atoms with van der Waals surface area (Å²) in [6.07, 6.45) is 4.34. The highest BCUT2D eigenvalue weighted by Crippen LogP contribution is 2.28. The Morgan fingerprint density at radius 2 is 1.71 bits per heavy atom. The molecule has 3 rings (SSSR count). The molecule has 2 fully saturated rings. The number of nitrogens with one attached hydrogen (secondary N) is 2. The Morgan fingerprint density at radius 1 is 1.07 bits per heavy atom. The van der Waals surface area contributed by atoms with Gasteiger partial charge in [0, 0.05) is 51.4 Å². The van der Waals surface area contributed by atoms with Crippen LogP contribution in [0.4, 0.5) is 5.69 Å². The second-order valence-electron chi connectivity index (χ2n) is 8.18. The summed E-state index contributed by atoms with van der Waals surface area (Å²) in [6.45, 7) is 8.25. The van der Waals surface area contributed by atoms with Crippen LogP contribution in [-0.4, -0.2) is 61.5 Å². The lowest BCUT2D eigenvalue weighted by Crippen LogP contribution is -2.55. The summed E-state index contributed by atoms with van der Waals surface area (Å²) in [5.41, 5.74) is 1.28. The van der Waals surface area contributed by atoms with Gasteiger partial charge in [0.25, 0.3) is 0 Å². The molecule has 6 nitrogen and oxygen atoms in total. The second kappa shape index (κ2) is 9.92. The number of para-hydroxylation sites is 1. The van der Waals surface area contributed by atoms with E-state index >= 15 is 0 Å². The van der Waals surface area contributed by atoms with Crippen LogP contribution < -0.4 is 15.5 Å². The lowest BCUT2D eigenvalue weighted by atomic mass is 9.97. The van der Waals surface area contributed by atoms with E-state index in [9.17, 15) is 9.59 Å².